The maximum Gasteiger partial charge on any atom is 0.416 e. The van der Waals surface area contributed by atoms with E-state index >= 15 is 0 Å². The van der Waals surface area contributed by atoms with Gasteiger partial charge in [0.05, 0.1) is 29.3 Å². The number of halogens is 3. The number of benzene rings is 3. The number of aromatic nitrogens is 1. The van der Waals surface area contributed by atoms with Crippen molar-refractivity contribution >= 4 is 16.5 Å². The number of hydrogen-bond donors (Lipinski definition) is 2. The van der Waals surface area contributed by atoms with Gasteiger partial charge in [0.1, 0.15) is 18.1 Å². The van der Waals surface area contributed by atoms with Crippen LogP contribution in [0, 0.1) is 0 Å². The summed E-state index contributed by atoms with van der Waals surface area (Å²) >= 11 is 0. The highest BCUT2D eigenvalue weighted by atomic mass is 19.4. The Kier molecular flexibility index (Phi) is 6.31. The molecule has 198 valence electrons. The zero-order valence-electron chi connectivity index (χ0n) is 20.6. The van der Waals surface area contributed by atoms with Crippen LogP contribution in [-0.4, -0.2) is 35.6 Å². The van der Waals surface area contributed by atoms with Gasteiger partial charge in [-0.05, 0) is 48.2 Å². The van der Waals surface area contributed by atoms with E-state index in [4.69, 9.17) is 14.2 Å². The maximum atomic E-state index is 13.7. The number of rotatable bonds is 7. The van der Waals surface area contributed by atoms with Gasteiger partial charge in [-0.25, -0.2) is 0 Å². The fourth-order valence-corrected chi connectivity index (χ4v) is 5.07. The third-order valence-electron chi connectivity index (χ3n) is 7.01. The second-order valence-corrected chi connectivity index (χ2v) is 9.65. The summed E-state index contributed by atoms with van der Waals surface area (Å²) in [5.74, 6) is 0.821. The normalized spacial score (nSPS) is 17.0. The Labute approximate surface area is 217 Å². The second-order valence-electron chi connectivity index (χ2n) is 9.65. The molecule has 1 unspecified atom stereocenters. The smallest absolute Gasteiger partial charge is 0.416 e. The van der Waals surface area contributed by atoms with Crippen molar-refractivity contribution in [3.05, 3.63) is 77.5 Å². The minimum atomic E-state index is -4.58. The van der Waals surface area contributed by atoms with E-state index < -0.39 is 11.7 Å². The average Bonchev–Trinajstić information content (AvgIpc) is 3.66. The number of aromatic hydroxyl groups is 1. The van der Waals surface area contributed by atoms with Crippen LogP contribution in [-0.2, 0) is 23.9 Å². The highest BCUT2D eigenvalue weighted by Crippen LogP contribution is 2.39. The van der Waals surface area contributed by atoms with Crippen LogP contribution in [0.3, 0.4) is 0 Å². The monoisotopic (exact) mass is 524 g/mol. The first kappa shape index (κ1) is 24.5. The molecule has 0 aliphatic carbocycles. The predicted octanol–water partition coefficient (Wildman–Crippen LogP) is 6.46. The molecule has 0 saturated carbocycles. The van der Waals surface area contributed by atoms with Gasteiger partial charge in [-0.3, -0.25) is 4.57 Å². The van der Waals surface area contributed by atoms with Crippen molar-refractivity contribution in [3.8, 4) is 23.1 Å². The lowest BCUT2D eigenvalue weighted by atomic mass is 10.1. The fourth-order valence-electron chi connectivity index (χ4n) is 5.07. The molecule has 1 aromatic heterocycles. The molecule has 3 heterocycles. The van der Waals surface area contributed by atoms with Gasteiger partial charge in [-0.15, -0.1) is 0 Å². The van der Waals surface area contributed by atoms with Crippen LogP contribution in [0.5, 0.6) is 17.4 Å². The summed E-state index contributed by atoms with van der Waals surface area (Å²) in [7, 11) is 0. The molecule has 38 heavy (non-hydrogen) atoms. The standard InChI is InChI=1S/C29H27F3N2O4/c30-29(31,32)21-12-22(14-24(13-21)38-17-23-4-2-9-36-23)34-16-20-3-1-5-25(27(20)28(34)35)33-15-18-6-7-26-19(11-18)8-10-37-26/h1,3,5-7,11-14,16,23,33,35H,2,4,8-10,15,17H2. The van der Waals surface area contributed by atoms with Gasteiger partial charge >= 0.3 is 6.18 Å². The van der Waals surface area contributed by atoms with Gasteiger partial charge < -0.3 is 24.6 Å². The summed E-state index contributed by atoms with van der Waals surface area (Å²) in [5, 5.41) is 15.8. The van der Waals surface area contributed by atoms with E-state index in [-0.39, 0.29) is 30.0 Å². The van der Waals surface area contributed by atoms with E-state index in [1.165, 1.54) is 16.2 Å². The first-order valence-corrected chi connectivity index (χ1v) is 12.6. The van der Waals surface area contributed by atoms with Gasteiger partial charge in [0.2, 0.25) is 5.88 Å². The number of alkyl halides is 3. The molecule has 1 atom stereocenters. The molecule has 0 spiro atoms. The van der Waals surface area contributed by atoms with Crippen LogP contribution in [0.15, 0.2) is 60.8 Å². The Morgan fingerprint density at radius 2 is 1.97 bits per heavy atom. The van der Waals surface area contributed by atoms with Crippen molar-refractivity contribution in [2.75, 3.05) is 25.1 Å². The first-order valence-electron chi connectivity index (χ1n) is 12.6. The van der Waals surface area contributed by atoms with E-state index in [1.54, 1.807) is 6.20 Å². The zero-order chi connectivity index (χ0) is 26.3. The summed E-state index contributed by atoms with van der Waals surface area (Å²) in [5.41, 5.74) is 2.21. The highest BCUT2D eigenvalue weighted by molar-refractivity contribution is 5.99. The van der Waals surface area contributed by atoms with Crippen LogP contribution < -0.4 is 14.8 Å². The SMILES string of the molecule is Oc1c2c(NCc3ccc4c(c3)CCO4)cccc2cn1-c1cc(OCC2CCCO2)cc(C(F)(F)F)c1. The van der Waals surface area contributed by atoms with Gasteiger partial charge in [0, 0.05) is 42.9 Å². The summed E-state index contributed by atoms with van der Waals surface area (Å²) in [4.78, 5) is 0. The maximum absolute atomic E-state index is 13.7. The van der Waals surface area contributed by atoms with Crippen molar-refractivity contribution in [1.29, 1.82) is 0 Å². The molecular formula is C29H27F3N2O4. The summed E-state index contributed by atoms with van der Waals surface area (Å²) in [6.45, 7) is 2.00. The minimum Gasteiger partial charge on any atom is -0.494 e. The Morgan fingerprint density at radius 3 is 2.79 bits per heavy atom. The third-order valence-corrected chi connectivity index (χ3v) is 7.01. The summed E-state index contributed by atoms with van der Waals surface area (Å²) in [6.07, 6.45) is -0.496. The molecule has 3 aromatic carbocycles. The molecule has 0 radical (unpaired) electrons. The largest absolute Gasteiger partial charge is 0.494 e. The fraction of sp³-hybridized carbons (Fsp3) is 0.310. The average molecular weight is 525 g/mol. The molecule has 2 aliphatic heterocycles. The predicted molar refractivity (Wildman–Crippen MR) is 137 cm³/mol. The number of nitrogens with one attached hydrogen (secondary N) is 1. The lowest BCUT2D eigenvalue weighted by molar-refractivity contribution is -0.137. The number of ether oxygens (including phenoxy) is 3. The van der Waals surface area contributed by atoms with Gasteiger partial charge in [-0.2, -0.15) is 13.2 Å². The van der Waals surface area contributed by atoms with Crippen molar-refractivity contribution < 1.29 is 32.5 Å². The van der Waals surface area contributed by atoms with Gasteiger partial charge in [-0.1, -0.05) is 24.3 Å². The van der Waals surface area contributed by atoms with E-state index in [1.807, 2.05) is 30.3 Å². The van der Waals surface area contributed by atoms with Crippen molar-refractivity contribution in [2.24, 2.45) is 0 Å². The van der Waals surface area contributed by atoms with Crippen molar-refractivity contribution in [1.82, 2.24) is 4.57 Å². The van der Waals surface area contributed by atoms with Gasteiger partial charge in [0.25, 0.3) is 0 Å². The van der Waals surface area contributed by atoms with Crippen LogP contribution in [0.2, 0.25) is 0 Å². The number of nitrogens with zero attached hydrogens (tertiary/aromatic N) is 1. The van der Waals surface area contributed by atoms with E-state index in [2.05, 4.69) is 11.4 Å². The van der Waals surface area contributed by atoms with Crippen LogP contribution >= 0.6 is 0 Å². The molecule has 2 aliphatic rings. The lowest BCUT2D eigenvalue weighted by Crippen LogP contribution is -2.17. The Balaban J connectivity index is 1.31. The molecule has 2 N–H and O–H groups in total. The zero-order valence-corrected chi connectivity index (χ0v) is 20.6. The highest BCUT2D eigenvalue weighted by Gasteiger charge is 2.32. The van der Waals surface area contributed by atoms with E-state index in [0.29, 0.717) is 36.2 Å². The lowest BCUT2D eigenvalue weighted by Gasteiger charge is -2.16. The molecule has 6 nitrogen and oxygen atoms in total. The summed E-state index contributed by atoms with van der Waals surface area (Å²) < 4.78 is 59.4. The van der Waals surface area contributed by atoms with E-state index in [0.717, 1.165) is 42.7 Å². The Hall–Kier alpha value is -3.85. The quantitative estimate of drug-likeness (QED) is 0.291. The number of hydrogen-bond acceptors (Lipinski definition) is 5. The minimum absolute atomic E-state index is 0.0708. The topological polar surface area (TPSA) is 64.9 Å². The molecule has 0 bridgehead atoms. The van der Waals surface area contributed by atoms with Crippen LogP contribution in [0.1, 0.15) is 29.5 Å². The van der Waals surface area contributed by atoms with Crippen LogP contribution in [0.4, 0.5) is 18.9 Å². The number of fused-ring (bicyclic) bond motifs is 2. The molecule has 1 fully saturated rings. The molecule has 0 amide bonds. The molecule has 9 heteroatoms. The van der Waals surface area contributed by atoms with Crippen molar-refractivity contribution in [2.45, 2.75) is 38.1 Å². The van der Waals surface area contributed by atoms with Gasteiger partial charge in [0.15, 0.2) is 0 Å². The van der Waals surface area contributed by atoms with E-state index in [9.17, 15) is 18.3 Å². The molecule has 6 rings (SSSR count). The van der Waals surface area contributed by atoms with Crippen molar-refractivity contribution in [3.63, 3.8) is 0 Å². The first-order chi connectivity index (χ1) is 18.3. The molecule has 4 aromatic rings. The summed E-state index contributed by atoms with van der Waals surface area (Å²) in [6, 6.07) is 15.0. The Bertz CT molecular complexity index is 1470. The third kappa shape index (κ3) is 4.86. The molecular weight excluding hydrogens is 497 g/mol. The Morgan fingerprint density at radius 1 is 1.08 bits per heavy atom. The van der Waals surface area contributed by atoms with Crippen LogP contribution in [0.25, 0.3) is 16.5 Å². The second kappa shape index (κ2) is 9.79. The molecule has 1 saturated heterocycles. The number of anilines is 1.